The number of benzene rings is 1. The number of hydrogen-bond donors (Lipinski definition) is 3. The number of nitrogens with zero attached hydrogens (tertiary/aromatic N) is 1. The van der Waals surface area contributed by atoms with Gasteiger partial charge in [0.15, 0.2) is 0 Å². The number of piperazine rings is 1. The van der Waals surface area contributed by atoms with E-state index in [1.807, 2.05) is 31.2 Å². The van der Waals surface area contributed by atoms with Crippen LogP contribution < -0.4 is 16.0 Å². The summed E-state index contributed by atoms with van der Waals surface area (Å²) in [6, 6.07) is 7.16. The smallest absolute Gasteiger partial charge is 0.243 e. The Hall–Kier alpha value is -2.47. The van der Waals surface area contributed by atoms with Gasteiger partial charge in [0.2, 0.25) is 11.8 Å². The number of amides is 2. The molecule has 0 aliphatic carbocycles. The molecule has 1 aliphatic heterocycles. The zero-order valence-corrected chi connectivity index (χ0v) is 11.6. The van der Waals surface area contributed by atoms with E-state index in [0.29, 0.717) is 6.54 Å². The number of fused-ring (bicyclic) bond motifs is 1. The van der Waals surface area contributed by atoms with Crippen LogP contribution in [0.15, 0.2) is 30.5 Å². The van der Waals surface area contributed by atoms with Gasteiger partial charge in [0, 0.05) is 18.1 Å². The average Bonchev–Trinajstić information content (AvgIpc) is 2.51. The second-order valence-electron chi connectivity index (χ2n) is 5.06. The van der Waals surface area contributed by atoms with Gasteiger partial charge in [-0.15, -0.1) is 0 Å². The SMILES string of the molecule is Cc1ccc(NC(=O)C2CNC(=O)CN2)c2cccnc12. The van der Waals surface area contributed by atoms with Gasteiger partial charge in [-0.05, 0) is 30.7 Å². The summed E-state index contributed by atoms with van der Waals surface area (Å²) in [6.07, 6.45) is 1.74. The van der Waals surface area contributed by atoms with Crippen molar-refractivity contribution in [1.82, 2.24) is 15.6 Å². The molecule has 108 valence electrons. The Labute approximate surface area is 121 Å². The van der Waals surface area contributed by atoms with Gasteiger partial charge in [-0.1, -0.05) is 6.07 Å². The average molecular weight is 284 g/mol. The van der Waals surface area contributed by atoms with Gasteiger partial charge in [-0.25, -0.2) is 0 Å². The van der Waals surface area contributed by atoms with Crippen molar-refractivity contribution in [2.24, 2.45) is 0 Å². The normalized spacial score (nSPS) is 18.3. The molecular weight excluding hydrogens is 268 g/mol. The monoisotopic (exact) mass is 284 g/mol. The zero-order chi connectivity index (χ0) is 14.8. The third-order valence-electron chi connectivity index (χ3n) is 3.56. The number of carbonyl (C=O) groups excluding carboxylic acids is 2. The topological polar surface area (TPSA) is 83.1 Å². The minimum absolute atomic E-state index is 0.0935. The van der Waals surface area contributed by atoms with Gasteiger partial charge in [0.25, 0.3) is 0 Å². The fourth-order valence-electron chi connectivity index (χ4n) is 2.39. The molecule has 1 atom stereocenters. The predicted molar refractivity (Wildman–Crippen MR) is 79.9 cm³/mol. The lowest BCUT2D eigenvalue weighted by Gasteiger charge is -2.23. The molecule has 21 heavy (non-hydrogen) atoms. The lowest BCUT2D eigenvalue weighted by atomic mass is 10.1. The second-order valence-corrected chi connectivity index (χ2v) is 5.06. The van der Waals surface area contributed by atoms with E-state index in [1.54, 1.807) is 6.20 Å². The molecule has 0 radical (unpaired) electrons. The van der Waals surface area contributed by atoms with Gasteiger partial charge in [-0.3, -0.25) is 19.9 Å². The Morgan fingerprint density at radius 1 is 1.38 bits per heavy atom. The Morgan fingerprint density at radius 3 is 3.00 bits per heavy atom. The molecule has 1 aromatic carbocycles. The summed E-state index contributed by atoms with van der Waals surface area (Å²) in [7, 11) is 0. The van der Waals surface area contributed by atoms with Crippen LogP contribution in [0.5, 0.6) is 0 Å². The van der Waals surface area contributed by atoms with E-state index in [9.17, 15) is 9.59 Å². The van der Waals surface area contributed by atoms with Crippen molar-refractivity contribution in [1.29, 1.82) is 0 Å². The summed E-state index contributed by atoms with van der Waals surface area (Å²) >= 11 is 0. The predicted octanol–water partition coefficient (Wildman–Crippen LogP) is 0.570. The summed E-state index contributed by atoms with van der Waals surface area (Å²) in [5.41, 5.74) is 2.67. The van der Waals surface area contributed by atoms with E-state index in [0.717, 1.165) is 22.2 Å². The lowest BCUT2D eigenvalue weighted by molar-refractivity contribution is -0.124. The van der Waals surface area contributed by atoms with Gasteiger partial charge in [0.1, 0.15) is 6.04 Å². The van der Waals surface area contributed by atoms with Crippen LogP contribution in [0.4, 0.5) is 5.69 Å². The Morgan fingerprint density at radius 2 is 2.24 bits per heavy atom. The first-order chi connectivity index (χ1) is 10.1. The third-order valence-corrected chi connectivity index (χ3v) is 3.56. The summed E-state index contributed by atoms with van der Waals surface area (Å²) in [6.45, 7) is 2.44. The fraction of sp³-hybridized carbons (Fsp3) is 0.267. The highest BCUT2D eigenvalue weighted by atomic mass is 16.2. The summed E-state index contributed by atoms with van der Waals surface area (Å²) < 4.78 is 0. The van der Waals surface area contributed by atoms with Crippen LogP contribution >= 0.6 is 0 Å². The summed E-state index contributed by atoms with van der Waals surface area (Å²) in [5.74, 6) is -0.256. The molecule has 2 amide bonds. The molecule has 1 aliphatic rings. The molecular formula is C15H16N4O2. The van der Waals surface area contributed by atoms with Crippen molar-refractivity contribution in [2.75, 3.05) is 18.4 Å². The largest absolute Gasteiger partial charge is 0.353 e. The maximum Gasteiger partial charge on any atom is 0.243 e. The Kier molecular flexibility index (Phi) is 3.53. The minimum atomic E-state index is -0.421. The maximum atomic E-state index is 12.3. The van der Waals surface area contributed by atoms with Crippen LogP contribution in [0, 0.1) is 6.92 Å². The van der Waals surface area contributed by atoms with Crippen LogP contribution in [0.25, 0.3) is 10.9 Å². The van der Waals surface area contributed by atoms with Crippen molar-refractivity contribution < 1.29 is 9.59 Å². The molecule has 0 saturated carbocycles. The van der Waals surface area contributed by atoms with E-state index < -0.39 is 6.04 Å². The fourth-order valence-corrected chi connectivity index (χ4v) is 2.39. The number of aromatic nitrogens is 1. The second kappa shape index (κ2) is 5.49. The molecule has 3 rings (SSSR count). The number of aryl methyl sites for hydroxylation is 1. The molecule has 2 aromatic rings. The quantitative estimate of drug-likeness (QED) is 0.753. The third kappa shape index (κ3) is 2.71. The highest BCUT2D eigenvalue weighted by molar-refractivity contribution is 6.04. The molecule has 3 N–H and O–H groups in total. The first-order valence-corrected chi connectivity index (χ1v) is 6.80. The molecule has 6 nitrogen and oxygen atoms in total. The van der Waals surface area contributed by atoms with E-state index in [1.165, 1.54) is 0 Å². The summed E-state index contributed by atoms with van der Waals surface area (Å²) in [5, 5.41) is 9.39. The van der Waals surface area contributed by atoms with E-state index in [4.69, 9.17) is 0 Å². The summed E-state index contributed by atoms with van der Waals surface area (Å²) in [4.78, 5) is 27.7. The molecule has 1 saturated heterocycles. The first-order valence-electron chi connectivity index (χ1n) is 6.80. The maximum absolute atomic E-state index is 12.3. The van der Waals surface area contributed by atoms with Crippen molar-refractivity contribution in [3.63, 3.8) is 0 Å². The van der Waals surface area contributed by atoms with Crippen LogP contribution in [-0.2, 0) is 9.59 Å². The molecule has 0 bridgehead atoms. The highest BCUT2D eigenvalue weighted by Gasteiger charge is 2.24. The molecule has 6 heteroatoms. The van der Waals surface area contributed by atoms with E-state index in [2.05, 4.69) is 20.9 Å². The molecule has 1 unspecified atom stereocenters. The lowest BCUT2D eigenvalue weighted by Crippen LogP contribution is -2.56. The molecule has 1 aromatic heterocycles. The zero-order valence-electron chi connectivity index (χ0n) is 11.6. The van der Waals surface area contributed by atoms with Gasteiger partial charge in [0.05, 0.1) is 17.7 Å². The number of anilines is 1. The number of hydrogen-bond acceptors (Lipinski definition) is 4. The van der Waals surface area contributed by atoms with Crippen molar-refractivity contribution in [2.45, 2.75) is 13.0 Å². The van der Waals surface area contributed by atoms with Gasteiger partial charge < -0.3 is 10.6 Å². The van der Waals surface area contributed by atoms with Crippen LogP contribution in [0.3, 0.4) is 0 Å². The number of rotatable bonds is 2. The van der Waals surface area contributed by atoms with Crippen LogP contribution in [0.2, 0.25) is 0 Å². The highest BCUT2D eigenvalue weighted by Crippen LogP contribution is 2.24. The van der Waals surface area contributed by atoms with Crippen molar-refractivity contribution in [3.8, 4) is 0 Å². The molecule has 2 heterocycles. The van der Waals surface area contributed by atoms with Gasteiger partial charge in [-0.2, -0.15) is 0 Å². The van der Waals surface area contributed by atoms with Gasteiger partial charge >= 0.3 is 0 Å². The van der Waals surface area contributed by atoms with Crippen molar-refractivity contribution in [3.05, 3.63) is 36.0 Å². The van der Waals surface area contributed by atoms with E-state index in [-0.39, 0.29) is 18.4 Å². The van der Waals surface area contributed by atoms with Crippen LogP contribution in [0.1, 0.15) is 5.56 Å². The van der Waals surface area contributed by atoms with Crippen LogP contribution in [-0.4, -0.2) is 35.9 Å². The minimum Gasteiger partial charge on any atom is -0.353 e. The number of carbonyl (C=O) groups is 2. The number of nitrogens with one attached hydrogen (secondary N) is 3. The van der Waals surface area contributed by atoms with Crippen molar-refractivity contribution >= 4 is 28.4 Å². The van der Waals surface area contributed by atoms with E-state index >= 15 is 0 Å². The Balaban J connectivity index is 1.83. The molecule has 1 fully saturated rings. The molecule has 0 spiro atoms. The standard InChI is InChI=1S/C15H16N4O2/c1-9-4-5-11(10-3-2-6-16-14(9)10)19-15(21)12-7-18-13(20)8-17-12/h2-6,12,17H,7-8H2,1H3,(H,18,20)(H,19,21). The first kappa shape index (κ1) is 13.5. The Bertz CT molecular complexity index is 704. The number of pyridine rings is 1.